The molecular formula is C9H14ClN3S. The van der Waals surface area contributed by atoms with Crippen molar-refractivity contribution >= 4 is 28.1 Å². The molecule has 0 atom stereocenters. The van der Waals surface area contributed by atoms with Crippen molar-refractivity contribution in [2.45, 2.75) is 12.8 Å². The van der Waals surface area contributed by atoms with Crippen LogP contribution in [0.2, 0.25) is 5.15 Å². The molecule has 2 heterocycles. The largest absolute Gasteiger partial charge is 0.348 e. The molecule has 0 radical (unpaired) electrons. The van der Waals surface area contributed by atoms with Crippen LogP contribution < -0.4 is 10.6 Å². The first-order chi connectivity index (χ1) is 6.79. The van der Waals surface area contributed by atoms with Crippen LogP contribution >= 0.6 is 22.9 Å². The van der Waals surface area contributed by atoms with E-state index in [0.29, 0.717) is 11.1 Å². The van der Waals surface area contributed by atoms with Crippen molar-refractivity contribution in [1.29, 1.82) is 0 Å². The van der Waals surface area contributed by atoms with Crippen LogP contribution in [0.25, 0.3) is 0 Å². The van der Waals surface area contributed by atoms with Gasteiger partial charge in [-0.25, -0.2) is 4.98 Å². The Hall–Kier alpha value is -0.320. The number of hydrogen-bond donors (Lipinski definition) is 1. The fourth-order valence-electron chi connectivity index (χ4n) is 1.75. The zero-order valence-corrected chi connectivity index (χ0v) is 9.52. The molecule has 2 rings (SSSR count). The van der Waals surface area contributed by atoms with E-state index in [-0.39, 0.29) is 0 Å². The van der Waals surface area contributed by atoms with Crippen molar-refractivity contribution in [3.8, 4) is 0 Å². The number of rotatable bonds is 2. The summed E-state index contributed by atoms with van der Waals surface area (Å²) in [6, 6.07) is 0. The second-order valence-corrected chi connectivity index (χ2v) is 4.84. The van der Waals surface area contributed by atoms with Gasteiger partial charge in [-0.1, -0.05) is 11.6 Å². The van der Waals surface area contributed by atoms with E-state index in [9.17, 15) is 0 Å². The number of halogens is 1. The molecule has 0 saturated carbocycles. The summed E-state index contributed by atoms with van der Waals surface area (Å²) in [5.74, 6) is 0.696. The third kappa shape index (κ3) is 2.19. The minimum absolute atomic E-state index is 0.603. The molecule has 1 aliphatic rings. The van der Waals surface area contributed by atoms with Crippen molar-refractivity contribution < 1.29 is 0 Å². The molecule has 1 aromatic heterocycles. The average Bonchev–Trinajstić information content (AvgIpc) is 2.65. The molecule has 2 N–H and O–H groups in total. The Kier molecular flexibility index (Phi) is 3.26. The van der Waals surface area contributed by atoms with Gasteiger partial charge in [0.2, 0.25) is 0 Å². The van der Waals surface area contributed by atoms with Crippen molar-refractivity contribution in [2.24, 2.45) is 11.7 Å². The maximum Gasteiger partial charge on any atom is 0.186 e. The molecule has 78 valence electrons. The quantitative estimate of drug-likeness (QED) is 0.847. The average molecular weight is 232 g/mol. The first-order valence-electron chi connectivity index (χ1n) is 4.85. The predicted molar refractivity (Wildman–Crippen MR) is 61.1 cm³/mol. The monoisotopic (exact) mass is 231 g/mol. The number of thiazole rings is 1. The molecule has 1 aromatic rings. The highest BCUT2D eigenvalue weighted by atomic mass is 35.5. The maximum absolute atomic E-state index is 5.79. The van der Waals surface area contributed by atoms with Gasteiger partial charge in [0, 0.05) is 18.5 Å². The van der Waals surface area contributed by atoms with E-state index in [0.717, 1.165) is 24.8 Å². The van der Waals surface area contributed by atoms with Crippen LogP contribution in [0, 0.1) is 5.92 Å². The van der Waals surface area contributed by atoms with Gasteiger partial charge in [-0.2, -0.15) is 0 Å². The predicted octanol–water partition coefficient (Wildman–Crippen LogP) is 1.97. The van der Waals surface area contributed by atoms with Crippen LogP contribution in [0.5, 0.6) is 0 Å². The minimum Gasteiger partial charge on any atom is -0.348 e. The zero-order chi connectivity index (χ0) is 9.97. The van der Waals surface area contributed by atoms with Crippen LogP contribution in [0.4, 0.5) is 5.13 Å². The molecule has 14 heavy (non-hydrogen) atoms. The van der Waals surface area contributed by atoms with Gasteiger partial charge in [0.1, 0.15) is 5.15 Å². The molecule has 1 fully saturated rings. The van der Waals surface area contributed by atoms with Gasteiger partial charge in [0.05, 0.1) is 0 Å². The van der Waals surface area contributed by atoms with Gasteiger partial charge in [-0.05, 0) is 25.3 Å². The van der Waals surface area contributed by atoms with Gasteiger partial charge in [0.15, 0.2) is 5.13 Å². The standard InChI is InChI=1S/C9H14ClN3S/c10-8-6-14-9(12-8)13-3-1-7(5-11)2-4-13/h6-7H,1-5,11H2. The van der Waals surface area contributed by atoms with Crippen molar-refractivity contribution in [2.75, 3.05) is 24.5 Å². The van der Waals surface area contributed by atoms with Crippen molar-refractivity contribution in [1.82, 2.24) is 4.98 Å². The molecule has 0 bridgehead atoms. The minimum atomic E-state index is 0.603. The van der Waals surface area contributed by atoms with Crippen LogP contribution in [-0.2, 0) is 0 Å². The Morgan fingerprint density at radius 1 is 1.57 bits per heavy atom. The zero-order valence-electron chi connectivity index (χ0n) is 7.95. The van der Waals surface area contributed by atoms with Crippen LogP contribution in [0.3, 0.4) is 0 Å². The molecule has 0 aromatic carbocycles. The lowest BCUT2D eigenvalue weighted by molar-refractivity contribution is 0.414. The highest BCUT2D eigenvalue weighted by Gasteiger charge is 2.19. The Bertz CT molecular complexity index is 294. The normalized spacial score (nSPS) is 18.9. The van der Waals surface area contributed by atoms with Gasteiger partial charge < -0.3 is 10.6 Å². The van der Waals surface area contributed by atoms with Crippen LogP contribution in [0.15, 0.2) is 5.38 Å². The lowest BCUT2D eigenvalue weighted by Crippen LogP contribution is -2.35. The molecule has 0 aliphatic carbocycles. The number of hydrogen-bond acceptors (Lipinski definition) is 4. The molecule has 3 nitrogen and oxygen atoms in total. The molecule has 1 saturated heterocycles. The van der Waals surface area contributed by atoms with E-state index < -0.39 is 0 Å². The highest BCUT2D eigenvalue weighted by molar-refractivity contribution is 7.14. The lowest BCUT2D eigenvalue weighted by atomic mass is 9.98. The van der Waals surface area contributed by atoms with Crippen LogP contribution in [-0.4, -0.2) is 24.6 Å². The molecular weight excluding hydrogens is 218 g/mol. The Balaban J connectivity index is 1.95. The molecule has 0 spiro atoms. The van der Waals surface area contributed by atoms with Crippen molar-refractivity contribution in [3.63, 3.8) is 0 Å². The molecule has 1 aliphatic heterocycles. The SMILES string of the molecule is NCC1CCN(c2nc(Cl)cs2)CC1. The third-order valence-electron chi connectivity index (χ3n) is 2.68. The molecule has 5 heteroatoms. The lowest BCUT2D eigenvalue weighted by Gasteiger charge is -2.30. The van der Waals surface area contributed by atoms with E-state index in [1.165, 1.54) is 12.8 Å². The first-order valence-corrected chi connectivity index (χ1v) is 6.11. The summed E-state index contributed by atoms with van der Waals surface area (Å²) in [6.45, 7) is 2.93. The second-order valence-electron chi connectivity index (χ2n) is 3.62. The van der Waals surface area contributed by atoms with Crippen molar-refractivity contribution in [3.05, 3.63) is 10.5 Å². The van der Waals surface area contributed by atoms with Crippen LogP contribution in [0.1, 0.15) is 12.8 Å². The number of nitrogens with two attached hydrogens (primary N) is 1. The number of piperidine rings is 1. The Labute approximate surface area is 92.9 Å². The second kappa shape index (κ2) is 4.47. The number of nitrogens with zero attached hydrogens (tertiary/aromatic N) is 2. The summed E-state index contributed by atoms with van der Waals surface area (Å²) in [7, 11) is 0. The van der Waals surface area contributed by atoms with E-state index in [1.807, 2.05) is 5.38 Å². The van der Waals surface area contributed by atoms with Gasteiger partial charge in [0.25, 0.3) is 0 Å². The van der Waals surface area contributed by atoms with Gasteiger partial charge in [-0.15, -0.1) is 11.3 Å². The first kappa shape index (κ1) is 10.2. The highest BCUT2D eigenvalue weighted by Crippen LogP contribution is 2.27. The summed E-state index contributed by atoms with van der Waals surface area (Å²) < 4.78 is 0. The fraction of sp³-hybridized carbons (Fsp3) is 0.667. The van der Waals surface area contributed by atoms with E-state index in [2.05, 4.69) is 9.88 Å². The Morgan fingerprint density at radius 2 is 2.29 bits per heavy atom. The smallest absolute Gasteiger partial charge is 0.186 e. The van der Waals surface area contributed by atoms with E-state index in [1.54, 1.807) is 11.3 Å². The summed E-state index contributed by atoms with van der Waals surface area (Å²) in [5, 5.41) is 3.53. The van der Waals surface area contributed by atoms with Gasteiger partial charge >= 0.3 is 0 Å². The topological polar surface area (TPSA) is 42.1 Å². The van der Waals surface area contributed by atoms with Gasteiger partial charge in [-0.3, -0.25) is 0 Å². The number of aromatic nitrogens is 1. The Morgan fingerprint density at radius 3 is 2.79 bits per heavy atom. The fourth-order valence-corrected chi connectivity index (χ4v) is 2.75. The maximum atomic E-state index is 5.79. The van der Waals surface area contributed by atoms with E-state index >= 15 is 0 Å². The summed E-state index contributed by atoms with van der Waals surface area (Å²) >= 11 is 7.40. The molecule has 0 unspecified atom stereocenters. The third-order valence-corrected chi connectivity index (χ3v) is 3.91. The molecule has 0 amide bonds. The van der Waals surface area contributed by atoms with E-state index in [4.69, 9.17) is 17.3 Å². The number of anilines is 1. The summed E-state index contributed by atoms with van der Waals surface area (Å²) in [5.41, 5.74) is 5.64. The summed E-state index contributed by atoms with van der Waals surface area (Å²) in [6.07, 6.45) is 2.35. The summed E-state index contributed by atoms with van der Waals surface area (Å²) in [4.78, 5) is 6.56.